The summed E-state index contributed by atoms with van der Waals surface area (Å²) in [7, 11) is -1.51. The highest BCUT2D eigenvalue weighted by molar-refractivity contribution is 7.84. The molecule has 6 nitrogen and oxygen atoms in total. The number of nitro groups is 1. The largest absolute Gasteiger partial charge is 0.464 e. The van der Waals surface area contributed by atoms with Gasteiger partial charge in [-0.15, -0.1) is 0 Å². The number of para-hydroxylation sites is 1. The molecule has 0 saturated carbocycles. The van der Waals surface area contributed by atoms with E-state index in [1.54, 1.807) is 18.2 Å². The molecule has 0 aliphatic heterocycles. The van der Waals surface area contributed by atoms with Gasteiger partial charge in [0.25, 0.3) is 5.69 Å². The van der Waals surface area contributed by atoms with Gasteiger partial charge in [-0.25, -0.2) is 0 Å². The summed E-state index contributed by atoms with van der Waals surface area (Å²) in [6.07, 6.45) is 0. The van der Waals surface area contributed by atoms with Crippen molar-refractivity contribution >= 4 is 16.5 Å². The average Bonchev–Trinajstić information content (AvgIpc) is 2.92. The van der Waals surface area contributed by atoms with Gasteiger partial charge in [-0.1, -0.05) is 19.1 Å². The van der Waals surface area contributed by atoms with Gasteiger partial charge >= 0.3 is 0 Å². The summed E-state index contributed by atoms with van der Waals surface area (Å²) in [6, 6.07) is 9.62. The van der Waals surface area contributed by atoms with Gasteiger partial charge in [0, 0.05) is 6.07 Å². The summed E-state index contributed by atoms with van der Waals surface area (Å²) >= 11 is 0. The molecule has 2 aromatic rings. The third kappa shape index (κ3) is 3.99. The van der Waals surface area contributed by atoms with E-state index in [4.69, 9.17) is 4.42 Å². The summed E-state index contributed by atoms with van der Waals surface area (Å²) in [6.45, 7) is 3.43. The zero-order valence-corrected chi connectivity index (χ0v) is 12.4. The minimum absolute atomic E-state index is 0.122. The fourth-order valence-corrected chi connectivity index (χ4v) is 3.03. The Morgan fingerprint density at radius 1 is 1.24 bits per heavy atom. The predicted octanol–water partition coefficient (Wildman–Crippen LogP) is 2.61. The van der Waals surface area contributed by atoms with Crippen molar-refractivity contribution in [3.8, 4) is 0 Å². The van der Waals surface area contributed by atoms with Gasteiger partial charge in [0.1, 0.15) is 16.4 Å². The quantitative estimate of drug-likeness (QED) is 0.627. The second-order valence-electron chi connectivity index (χ2n) is 4.36. The lowest BCUT2D eigenvalue weighted by molar-refractivity contribution is -0.387. The number of nitrogens with zero attached hydrogens (tertiary/aromatic N) is 1. The second kappa shape index (κ2) is 7.14. The number of furan rings is 1. The van der Waals surface area contributed by atoms with Crippen molar-refractivity contribution < 1.29 is 13.5 Å². The summed E-state index contributed by atoms with van der Waals surface area (Å²) in [5.74, 6) is 1.43. The van der Waals surface area contributed by atoms with Crippen LogP contribution in [0, 0.1) is 10.1 Å². The summed E-state index contributed by atoms with van der Waals surface area (Å²) in [5, 5.41) is 14.1. The minimum Gasteiger partial charge on any atom is -0.464 e. The van der Waals surface area contributed by atoms with Gasteiger partial charge in [-0.05, 0) is 24.7 Å². The van der Waals surface area contributed by atoms with Gasteiger partial charge in [0.05, 0.1) is 28.0 Å². The molecule has 1 heterocycles. The molecule has 1 N–H and O–H groups in total. The molecular formula is C14H16N2O4S. The normalized spacial score (nSPS) is 12.2. The van der Waals surface area contributed by atoms with E-state index in [-0.39, 0.29) is 16.3 Å². The maximum Gasteiger partial charge on any atom is 0.285 e. The summed E-state index contributed by atoms with van der Waals surface area (Å²) in [5.41, 5.74) is -0.129. The Balaban J connectivity index is 2.11. The molecule has 0 aliphatic carbocycles. The predicted molar refractivity (Wildman–Crippen MR) is 79.3 cm³/mol. The van der Waals surface area contributed by atoms with Crippen LogP contribution in [-0.2, 0) is 23.1 Å². The van der Waals surface area contributed by atoms with Crippen molar-refractivity contribution in [2.24, 2.45) is 0 Å². The molecule has 1 atom stereocenters. The Hall–Kier alpha value is -1.99. The third-order valence-electron chi connectivity index (χ3n) is 2.85. The highest BCUT2D eigenvalue weighted by Crippen LogP contribution is 2.24. The number of hydrogen-bond acceptors (Lipinski definition) is 5. The highest BCUT2D eigenvalue weighted by Gasteiger charge is 2.19. The van der Waals surface area contributed by atoms with Crippen molar-refractivity contribution in [1.82, 2.24) is 5.32 Å². The average molecular weight is 308 g/mol. The monoisotopic (exact) mass is 308 g/mol. The first-order valence-electron chi connectivity index (χ1n) is 6.52. The summed E-state index contributed by atoms with van der Waals surface area (Å²) < 4.78 is 17.8. The van der Waals surface area contributed by atoms with Crippen LogP contribution in [0.3, 0.4) is 0 Å². The van der Waals surface area contributed by atoms with Crippen molar-refractivity contribution in [2.45, 2.75) is 24.1 Å². The first-order valence-corrected chi connectivity index (χ1v) is 7.83. The maximum atomic E-state index is 12.3. The van der Waals surface area contributed by atoms with Crippen LogP contribution in [0.2, 0.25) is 0 Å². The number of nitrogens with one attached hydrogen (secondary N) is 1. The summed E-state index contributed by atoms with van der Waals surface area (Å²) in [4.78, 5) is 10.6. The number of hydrogen-bond donors (Lipinski definition) is 1. The second-order valence-corrected chi connectivity index (χ2v) is 5.78. The molecule has 7 heteroatoms. The Morgan fingerprint density at radius 3 is 2.67 bits per heavy atom. The molecule has 1 unspecified atom stereocenters. The maximum absolute atomic E-state index is 12.3. The molecule has 0 bridgehead atoms. The zero-order valence-electron chi connectivity index (χ0n) is 11.6. The van der Waals surface area contributed by atoms with Gasteiger partial charge < -0.3 is 9.73 Å². The smallest absolute Gasteiger partial charge is 0.285 e. The molecule has 0 amide bonds. The molecule has 1 aromatic carbocycles. The van der Waals surface area contributed by atoms with Crippen LogP contribution in [-0.4, -0.2) is 15.7 Å². The Bertz CT molecular complexity index is 654. The van der Waals surface area contributed by atoms with E-state index in [1.165, 1.54) is 12.1 Å². The molecule has 0 fully saturated rings. The molecular weight excluding hydrogens is 292 g/mol. The van der Waals surface area contributed by atoms with Crippen LogP contribution in [0.4, 0.5) is 5.69 Å². The Kier molecular flexibility index (Phi) is 5.24. The van der Waals surface area contributed by atoms with E-state index in [0.717, 1.165) is 12.3 Å². The van der Waals surface area contributed by atoms with Crippen molar-refractivity contribution in [2.75, 3.05) is 6.54 Å². The fourth-order valence-electron chi connectivity index (χ4n) is 1.85. The first kappa shape index (κ1) is 15.4. The van der Waals surface area contributed by atoms with E-state index >= 15 is 0 Å². The van der Waals surface area contributed by atoms with Gasteiger partial charge in [-0.2, -0.15) is 0 Å². The van der Waals surface area contributed by atoms with Crippen molar-refractivity contribution in [3.05, 3.63) is 58.0 Å². The van der Waals surface area contributed by atoms with Crippen LogP contribution in [0.5, 0.6) is 0 Å². The van der Waals surface area contributed by atoms with Crippen LogP contribution < -0.4 is 5.32 Å². The van der Waals surface area contributed by atoms with E-state index in [1.807, 2.05) is 13.0 Å². The standard InChI is InChI=1S/C14H16N2O4S/c1-2-15-9-11-7-8-12(20-11)10-21(19)14-6-4-3-5-13(14)16(17)18/h3-8,15H,2,9-10H2,1H3. The van der Waals surface area contributed by atoms with E-state index < -0.39 is 15.7 Å². The van der Waals surface area contributed by atoms with Crippen LogP contribution in [0.15, 0.2) is 45.7 Å². The molecule has 2 rings (SSSR count). The fraction of sp³-hybridized carbons (Fsp3) is 0.286. The molecule has 0 spiro atoms. The third-order valence-corrected chi connectivity index (χ3v) is 4.23. The van der Waals surface area contributed by atoms with E-state index in [0.29, 0.717) is 12.3 Å². The molecule has 1 aromatic heterocycles. The van der Waals surface area contributed by atoms with Gasteiger partial charge in [0.2, 0.25) is 0 Å². The number of nitro benzene ring substituents is 1. The lowest BCUT2D eigenvalue weighted by Crippen LogP contribution is -2.10. The highest BCUT2D eigenvalue weighted by atomic mass is 32.2. The minimum atomic E-state index is -1.51. The topological polar surface area (TPSA) is 85.4 Å². The van der Waals surface area contributed by atoms with Crippen molar-refractivity contribution in [3.63, 3.8) is 0 Å². The molecule has 0 saturated heterocycles. The Labute approximate surface area is 124 Å². The van der Waals surface area contributed by atoms with Gasteiger partial charge in [0.15, 0.2) is 0 Å². The van der Waals surface area contributed by atoms with Gasteiger partial charge in [-0.3, -0.25) is 14.3 Å². The molecule has 21 heavy (non-hydrogen) atoms. The lowest BCUT2D eigenvalue weighted by atomic mass is 10.3. The Morgan fingerprint density at radius 2 is 1.95 bits per heavy atom. The number of benzene rings is 1. The first-order chi connectivity index (χ1) is 10.1. The molecule has 112 valence electrons. The van der Waals surface area contributed by atoms with Crippen LogP contribution >= 0.6 is 0 Å². The SMILES string of the molecule is CCNCc1ccc(CS(=O)c2ccccc2[N+](=O)[O-])o1. The van der Waals surface area contributed by atoms with E-state index in [9.17, 15) is 14.3 Å². The van der Waals surface area contributed by atoms with Crippen LogP contribution in [0.1, 0.15) is 18.4 Å². The van der Waals surface area contributed by atoms with E-state index in [2.05, 4.69) is 5.32 Å². The number of rotatable bonds is 7. The molecule has 0 aliphatic rings. The van der Waals surface area contributed by atoms with Crippen molar-refractivity contribution in [1.29, 1.82) is 0 Å². The zero-order chi connectivity index (χ0) is 15.2. The van der Waals surface area contributed by atoms with Crippen LogP contribution in [0.25, 0.3) is 0 Å². The lowest BCUT2D eigenvalue weighted by Gasteiger charge is -2.02. The molecule has 0 radical (unpaired) electrons.